The molecule has 2 atom stereocenters. The number of fused-ring (bicyclic) bond motifs is 6. The number of furan rings is 1. The molecule has 130 valence electrons. The highest BCUT2D eigenvalue weighted by Gasteiger charge is 2.59. The van der Waals surface area contributed by atoms with Crippen LogP contribution in [-0.4, -0.2) is 14.8 Å². The minimum atomic E-state index is -0.575. The number of ether oxygens (including phenoxy) is 1. The number of benzene rings is 1. The van der Waals surface area contributed by atoms with Crippen LogP contribution in [0.5, 0.6) is 11.8 Å². The highest BCUT2D eigenvalue weighted by atomic mass is 35.5. The van der Waals surface area contributed by atoms with E-state index in [1.54, 1.807) is 12.1 Å². The van der Waals surface area contributed by atoms with Crippen molar-refractivity contribution in [2.24, 2.45) is 0 Å². The van der Waals surface area contributed by atoms with Crippen LogP contribution in [0, 0.1) is 6.92 Å². The van der Waals surface area contributed by atoms with E-state index >= 15 is 0 Å². The molecule has 5 nitrogen and oxygen atoms in total. The summed E-state index contributed by atoms with van der Waals surface area (Å²) in [5.74, 6) is 0.743. The lowest BCUT2D eigenvalue weighted by Crippen LogP contribution is -2.17. The smallest absolute Gasteiger partial charge is 0.205 e. The molecule has 1 aromatic carbocycles. The quantitative estimate of drug-likeness (QED) is 0.651. The van der Waals surface area contributed by atoms with E-state index in [4.69, 9.17) is 20.8 Å². The van der Waals surface area contributed by atoms with Crippen LogP contribution in [0.4, 0.5) is 0 Å². The first-order chi connectivity index (χ1) is 11.8. The number of aromatic nitrogens is 1. The van der Waals surface area contributed by atoms with Crippen molar-refractivity contribution in [1.82, 2.24) is 4.57 Å². The van der Waals surface area contributed by atoms with E-state index in [2.05, 4.69) is 0 Å². The normalized spacial score (nSPS) is 27.4. The molecule has 2 aliphatic rings. The molecule has 3 aromatic rings. The summed E-state index contributed by atoms with van der Waals surface area (Å²) in [7, 11) is 0. The lowest BCUT2D eigenvalue weighted by Gasteiger charge is -2.21. The Kier molecular flexibility index (Phi) is 2.64. The summed E-state index contributed by atoms with van der Waals surface area (Å²) in [6.07, 6.45) is 1.63. The maximum atomic E-state index is 11.0. The molecule has 0 amide bonds. The van der Waals surface area contributed by atoms with Crippen molar-refractivity contribution >= 4 is 22.6 Å². The maximum Gasteiger partial charge on any atom is 0.205 e. The van der Waals surface area contributed by atoms with Crippen molar-refractivity contribution in [3.63, 3.8) is 0 Å². The molecule has 1 saturated heterocycles. The Hall–Kier alpha value is -2.11. The molecule has 6 heteroatoms. The molecule has 4 heterocycles. The van der Waals surface area contributed by atoms with E-state index < -0.39 is 11.2 Å². The predicted octanol–water partition coefficient (Wildman–Crippen LogP) is 4.85. The highest BCUT2D eigenvalue weighted by molar-refractivity contribution is 6.35. The molecule has 2 N–H and O–H groups in total. The van der Waals surface area contributed by atoms with Gasteiger partial charge in [-0.15, -0.1) is 0 Å². The van der Waals surface area contributed by atoms with Crippen molar-refractivity contribution < 1.29 is 19.4 Å². The third kappa shape index (κ3) is 1.68. The lowest BCUT2D eigenvalue weighted by atomic mass is 9.80. The fraction of sp³-hybridized carbons (Fsp3) is 0.368. The summed E-state index contributed by atoms with van der Waals surface area (Å²) in [6.45, 7) is 5.77. The first kappa shape index (κ1) is 15.2. The third-order valence-electron chi connectivity index (χ3n) is 5.68. The average molecular weight is 360 g/mol. The zero-order valence-electron chi connectivity index (χ0n) is 14.2. The standard InChI is InChI=1S/C19H18ClNO4/c1-9-8-10-12(5-4-11(20)15(10)24-9)21-16(22)13-14(17(21)23)19(3)7-6-18(13,2)25-19/h4-5,8,22-23H,6-7H2,1-3H3/t18-,19+. The van der Waals surface area contributed by atoms with E-state index in [0.29, 0.717) is 33.2 Å². The van der Waals surface area contributed by atoms with Crippen molar-refractivity contribution in [2.75, 3.05) is 0 Å². The van der Waals surface area contributed by atoms with E-state index in [0.717, 1.165) is 18.2 Å². The minimum absolute atomic E-state index is 0.0147. The number of nitrogens with zero attached hydrogens (tertiary/aromatic N) is 1. The number of halogens is 1. The zero-order chi connectivity index (χ0) is 17.7. The molecule has 0 spiro atoms. The Morgan fingerprint density at radius 3 is 2.28 bits per heavy atom. The molecule has 1 fully saturated rings. The molecule has 0 aliphatic carbocycles. The van der Waals surface area contributed by atoms with Crippen LogP contribution in [0.25, 0.3) is 16.7 Å². The Morgan fingerprint density at radius 2 is 1.68 bits per heavy atom. The zero-order valence-corrected chi connectivity index (χ0v) is 14.9. The second-order valence-corrected chi connectivity index (χ2v) is 7.87. The Balaban J connectivity index is 1.86. The number of rotatable bonds is 1. The molecule has 0 unspecified atom stereocenters. The summed E-state index contributed by atoms with van der Waals surface area (Å²) >= 11 is 6.24. The average Bonchev–Trinajstić information content (AvgIpc) is 3.21. The van der Waals surface area contributed by atoms with E-state index in [-0.39, 0.29) is 11.8 Å². The van der Waals surface area contributed by atoms with Crippen LogP contribution >= 0.6 is 11.6 Å². The number of hydrogen-bond donors (Lipinski definition) is 2. The van der Waals surface area contributed by atoms with Gasteiger partial charge in [0, 0.05) is 5.39 Å². The molecule has 2 aliphatic heterocycles. The second kappa shape index (κ2) is 4.34. The van der Waals surface area contributed by atoms with Gasteiger partial charge in [0.2, 0.25) is 11.8 Å². The SMILES string of the molecule is Cc1cc2c(-n3c(O)c4c(c3O)[C@]3(C)CC[C@@]4(C)O3)ccc(Cl)c2o1. The van der Waals surface area contributed by atoms with Gasteiger partial charge in [-0.3, -0.25) is 4.57 Å². The Morgan fingerprint density at radius 1 is 1.08 bits per heavy atom. The van der Waals surface area contributed by atoms with Gasteiger partial charge < -0.3 is 19.4 Å². The van der Waals surface area contributed by atoms with Crippen LogP contribution in [0.3, 0.4) is 0 Å². The van der Waals surface area contributed by atoms with Crippen molar-refractivity contribution in [3.8, 4) is 17.4 Å². The minimum Gasteiger partial charge on any atom is -0.494 e. The van der Waals surface area contributed by atoms with Gasteiger partial charge in [0.1, 0.15) is 5.76 Å². The monoisotopic (exact) mass is 359 g/mol. The number of hydrogen-bond acceptors (Lipinski definition) is 4. The van der Waals surface area contributed by atoms with Crippen LogP contribution in [0.2, 0.25) is 5.02 Å². The topological polar surface area (TPSA) is 67.8 Å². The second-order valence-electron chi connectivity index (χ2n) is 7.46. The van der Waals surface area contributed by atoms with E-state index in [1.807, 2.05) is 26.8 Å². The summed E-state index contributed by atoms with van der Waals surface area (Å²) < 4.78 is 13.3. The van der Waals surface area contributed by atoms with E-state index in [9.17, 15) is 10.2 Å². The fourth-order valence-corrected chi connectivity index (χ4v) is 4.80. The van der Waals surface area contributed by atoms with Crippen LogP contribution in [0.1, 0.15) is 43.6 Å². The van der Waals surface area contributed by atoms with Crippen molar-refractivity contribution in [3.05, 3.63) is 40.1 Å². The van der Waals surface area contributed by atoms with Gasteiger partial charge in [0.15, 0.2) is 5.58 Å². The van der Waals surface area contributed by atoms with Gasteiger partial charge in [-0.05, 0) is 51.8 Å². The van der Waals surface area contributed by atoms with Gasteiger partial charge in [-0.2, -0.15) is 0 Å². The molecular formula is C19H18ClNO4. The first-order valence-corrected chi connectivity index (χ1v) is 8.70. The molecule has 0 radical (unpaired) electrons. The molecule has 25 heavy (non-hydrogen) atoms. The Bertz CT molecular complexity index is 1030. The molecule has 2 aromatic heterocycles. The van der Waals surface area contributed by atoms with Gasteiger partial charge in [0.05, 0.1) is 33.0 Å². The van der Waals surface area contributed by atoms with Gasteiger partial charge in [-0.25, -0.2) is 0 Å². The first-order valence-electron chi connectivity index (χ1n) is 8.32. The summed E-state index contributed by atoms with van der Waals surface area (Å²) in [6, 6.07) is 5.34. The summed E-state index contributed by atoms with van der Waals surface area (Å²) in [5.41, 5.74) is 1.39. The van der Waals surface area contributed by atoms with Crippen molar-refractivity contribution in [1.29, 1.82) is 0 Å². The molecule has 2 bridgehead atoms. The lowest BCUT2D eigenvalue weighted by molar-refractivity contribution is -0.0683. The number of aryl methyl sites for hydroxylation is 1. The maximum absolute atomic E-state index is 11.0. The molecule has 0 saturated carbocycles. The number of aromatic hydroxyl groups is 2. The molecule has 5 rings (SSSR count). The largest absolute Gasteiger partial charge is 0.494 e. The van der Waals surface area contributed by atoms with Gasteiger partial charge in [0.25, 0.3) is 0 Å². The third-order valence-corrected chi connectivity index (χ3v) is 5.98. The summed E-state index contributed by atoms with van der Waals surface area (Å²) in [5, 5.41) is 23.2. The van der Waals surface area contributed by atoms with E-state index in [1.165, 1.54) is 4.57 Å². The molecular weight excluding hydrogens is 342 g/mol. The van der Waals surface area contributed by atoms with Crippen LogP contribution in [-0.2, 0) is 15.9 Å². The summed E-state index contributed by atoms with van der Waals surface area (Å²) in [4.78, 5) is 0. The highest BCUT2D eigenvalue weighted by Crippen LogP contribution is 2.64. The predicted molar refractivity (Wildman–Crippen MR) is 93.6 cm³/mol. The van der Waals surface area contributed by atoms with Crippen molar-refractivity contribution in [2.45, 2.75) is 44.8 Å². The van der Waals surface area contributed by atoms with Crippen LogP contribution < -0.4 is 0 Å². The van der Waals surface area contributed by atoms with Gasteiger partial charge >= 0.3 is 0 Å². The van der Waals surface area contributed by atoms with Crippen LogP contribution in [0.15, 0.2) is 22.6 Å². The van der Waals surface area contributed by atoms with Gasteiger partial charge in [-0.1, -0.05) is 11.6 Å². The Labute approximate surface area is 149 Å². The fourth-order valence-electron chi connectivity index (χ4n) is 4.60.